The van der Waals surface area contributed by atoms with Crippen molar-refractivity contribution < 1.29 is 14.0 Å². The maximum absolute atomic E-state index is 12.8. The molecule has 7 heteroatoms. The third-order valence-electron chi connectivity index (χ3n) is 4.62. The molecule has 0 radical (unpaired) electrons. The molecule has 1 saturated carbocycles. The highest BCUT2D eigenvalue weighted by Gasteiger charge is 2.40. The molecule has 1 fully saturated rings. The lowest BCUT2D eigenvalue weighted by Crippen LogP contribution is -2.60. The van der Waals surface area contributed by atoms with Crippen LogP contribution in [0.1, 0.15) is 37.9 Å². The first kappa shape index (κ1) is 18.3. The van der Waals surface area contributed by atoms with Gasteiger partial charge in [0, 0.05) is 0 Å². The standard InChI is InChI=1S/C19H22ClN3O3/c20-15-8-2-3-9-16(15)22-18(25)23-19(10-4-1-5-11-19)17(24)21-13-14-7-6-12-26-14/h2-3,6-9,12H,1,4-5,10-11,13H2,(H,21,24)(H2,22,23,25). The van der Waals surface area contributed by atoms with Crippen molar-refractivity contribution in [1.82, 2.24) is 10.6 Å². The minimum Gasteiger partial charge on any atom is -0.467 e. The van der Waals surface area contributed by atoms with Crippen molar-refractivity contribution in [2.24, 2.45) is 0 Å². The van der Waals surface area contributed by atoms with Crippen LogP contribution in [-0.4, -0.2) is 17.5 Å². The highest BCUT2D eigenvalue weighted by molar-refractivity contribution is 6.33. The fourth-order valence-electron chi connectivity index (χ4n) is 3.25. The second-order valence-electron chi connectivity index (χ2n) is 6.46. The van der Waals surface area contributed by atoms with Crippen molar-refractivity contribution in [3.63, 3.8) is 0 Å². The Hall–Kier alpha value is -2.47. The van der Waals surface area contributed by atoms with Crippen molar-refractivity contribution in [3.05, 3.63) is 53.4 Å². The minimum absolute atomic E-state index is 0.192. The van der Waals surface area contributed by atoms with Crippen molar-refractivity contribution in [1.29, 1.82) is 0 Å². The summed E-state index contributed by atoms with van der Waals surface area (Å²) < 4.78 is 5.25. The van der Waals surface area contributed by atoms with Gasteiger partial charge in [-0.2, -0.15) is 0 Å². The number of nitrogens with one attached hydrogen (secondary N) is 3. The largest absolute Gasteiger partial charge is 0.467 e. The third-order valence-corrected chi connectivity index (χ3v) is 4.95. The first-order valence-corrected chi connectivity index (χ1v) is 9.11. The summed E-state index contributed by atoms with van der Waals surface area (Å²) in [6, 6.07) is 10.1. The Bertz CT molecular complexity index is 755. The van der Waals surface area contributed by atoms with Gasteiger partial charge in [0.05, 0.1) is 23.5 Å². The average molecular weight is 376 g/mol. The molecule has 1 aliphatic rings. The third kappa shape index (κ3) is 4.38. The van der Waals surface area contributed by atoms with Crippen LogP contribution in [0.3, 0.4) is 0 Å². The maximum Gasteiger partial charge on any atom is 0.320 e. The molecule has 1 aromatic carbocycles. The Morgan fingerprint density at radius 1 is 1.08 bits per heavy atom. The highest BCUT2D eigenvalue weighted by atomic mass is 35.5. The molecule has 0 atom stereocenters. The van der Waals surface area contributed by atoms with Gasteiger partial charge in [0.15, 0.2) is 0 Å². The number of hydrogen-bond acceptors (Lipinski definition) is 3. The van der Waals surface area contributed by atoms with E-state index in [4.69, 9.17) is 16.0 Å². The minimum atomic E-state index is -0.920. The van der Waals surface area contributed by atoms with Crippen LogP contribution in [0.4, 0.5) is 10.5 Å². The van der Waals surface area contributed by atoms with Gasteiger partial charge in [0.25, 0.3) is 0 Å². The zero-order valence-corrected chi connectivity index (χ0v) is 15.1. The van der Waals surface area contributed by atoms with Gasteiger partial charge in [-0.25, -0.2) is 4.79 Å². The Morgan fingerprint density at radius 3 is 2.54 bits per heavy atom. The van der Waals surface area contributed by atoms with Gasteiger partial charge >= 0.3 is 6.03 Å². The summed E-state index contributed by atoms with van der Waals surface area (Å²) in [6.07, 6.45) is 5.61. The maximum atomic E-state index is 12.8. The Kier molecular flexibility index (Phi) is 5.83. The van der Waals surface area contributed by atoms with Crippen LogP contribution in [0.25, 0.3) is 0 Å². The van der Waals surface area contributed by atoms with Gasteiger partial charge in [0.1, 0.15) is 11.3 Å². The van der Waals surface area contributed by atoms with Crippen LogP contribution in [0.5, 0.6) is 0 Å². The van der Waals surface area contributed by atoms with Crippen molar-refractivity contribution in [2.45, 2.75) is 44.2 Å². The molecule has 1 aliphatic carbocycles. The summed E-state index contributed by atoms with van der Waals surface area (Å²) in [7, 11) is 0. The number of furan rings is 1. The summed E-state index contributed by atoms with van der Waals surface area (Å²) in [6.45, 7) is 0.293. The number of carbonyl (C=O) groups excluding carboxylic acids is 2. The van der Waals surface area contributed by atoms with E-state index in [-0.39, 0.29) is 5.91 Å². The first-order chi connectivity index (χ1) is 12.6. The van der Waals surface area contributed by atoms with E-state index in [0.29, 0.717) is 35.9 Å². The summed E-state index contributed by atoms with van der Waals surface area (Å²) in [4.78, 5) is 25.3. The van der Waals surface area contributed by atoms with Crippen LogP contribution in [0.2, 0.25) is 5.02 Å². The van der Waals surface area contributed by atoms with E-state index >= 15 is 0 Å². The summed E-state index contributed by atoms with van der Waals surface area (Å²) in [5.41, 5.74) is -0.412. The van der Waals surface area contributed by atoms with Crippen molar-refractivity contribution in [2.75, 3.05) is 5.32 Å². The Morgan fingerprint density at radius 2 is 1.85 bits per heavy atom. The van der Waals surface area contributed by atoms with E-state index in [2.05, 4.69) is 16.0 Å². The molecule has 2 aromatic rings. The lowest BCUT2D eigenvalue weighted by molar-refractivity contribution is -0.128. The van der Waals surface area contributed by atoms with E-state index in [0.717, 1.165) is 19.3 Å². The van der Waals surface area contributed by atoms with Crippen LogP contribution < -0.4 is 16.0 Å². The number of urea groups is 1. The van der Waals surface area contributed by atoms with E-state index in [1.54, 1.807) is 42.7 Å². The summed E-state index contributed by atoms with van der Waals surface area (Å²) in [5.74, 6) is 0.479. The molecule has 0 saturated heterocycles. The fraction of sp³-hybridized carbons (Fsp3) is 0.368. The molecule has 6 nitrogen and oxygen atoms in total. The van der Waals surface area contributed by atoms with E-state index in [1.165, 1.54) is 0 Å². The first-order valence-electron chi connectivity index (χ1n) is 8.73. The van der Waals surface area contributed by atoms with Crippen molar-refractivity contribution in [3.8, 4) is 0 Å². The van der Waals surface area contributed by atoms with E-state index in [9.17, 15) is 9.59 Å². The predicted octanol–water partition coefficient (Wildman–Crippen LogP) is 4.07. The molecule has 3 rings (SSSR count). The Labute approximate surface area is 157 Å². The molecule has 0 spiro atoms. The molecule has 0 aliphatic heterocycles. The number of hydrogen-bond donors (Lipinski definition) is 3. The van der Waals surface area contributed by atoms with E-state index < -0.39 is 11.6 Å². The summed E-state index contributed by atoms with van der Waals surface area (Å²) >= 11 is 6.08. The number of amides is 3. The average Bonchev–Trinajstić information content (AvgIpc) is 3.16. The van der Waals surface area contributed by atoms with Gasteiger partial charge in [-0.1, -0.05) is 43.0 Å². The molecular formula is C19H22ClN3O3. The lowest BCUT2D eigenvalue weighted by Gasteiger charge is -2.36. The molecule has 3 N–H and O–H groups in total. The zero-order valence-electron chi connectivity index (χ0n) is 14.4. The van der Waals surface area contributed by atoms with E-state index in [1.807, 2.05) is 0 Å². The number of anilines is 1. The van der Waals surface area contributed by atoms with Gasteiger partial charge in [-0.3, -0.25) is 4.79 Å². The topological polar surface area (TPSA) is 83.4 Å². The molecule has 26 heavy (non-hydrogen) atoms. The number of halogens is 1. The predicted molar refractivity (Wildman–Crippen MR) is 100.0 cm³/mol. The molecule has 138 valence electrons. The SMILES string of the molecule is O=C(Nc1ccccc1Cl)NC1(C(=O)NCc2ccco2)CCCCC1. The lowest BCUT2D eigenvalue weighted by atomic mass is 9.81. The van der Waals surface area contributed by atoms with Crippen LogP contribution in [-0.2, 0) is 11.3 Å². The normalized spacial score (nSPS) is 15.9. The number of benzene rings is 1. The Balaban J connectivity index is 1.67. The van der Waals surface area contributed by atoms with Crippen LogP contribution in [0, 0.1) is 0 Å². The number of para-hydroxylation sites is 1. The van der Waals surface area contributed by atoms with Gasteiger partial charge in [0.2, 0.25) is 5.91 Å². The monoisotopic (exact) mass is 375 g/mol. The summed E-state index contributed by atoms with van der Waals surface area (Å²) in [5, 5.41) is 8.93. The number of carbonyl (C=O) groups is 2. The zero-order chi connectivity index (χ0) is 18.4. The number of rotatable bonds is 5. The van der Waals surface area contributed by atoms with Crippen LogP contribution >= 0.6 is 11.6 Å². The van der Waals surface area contributed by atoms with Gasteiger partial charge in [-0.05, 0) is 37.1 Å². The van der Waals surface area contributed by atoms with Gasteiger partial charge < -0.3 is 20.4 Å². The second-order valence-corrected chi connectivity index (χ2v) is 6.87. The molecule has 3 amide bonds. The molecular weight excluding hydrogens is 354 g/mol. The quantitative estimate of drug-likeness (QED) is 0.736. The molecule has 0 unspecified atom stereocenters. The molecule has 1 aromatic heterocycles. The molecule has 1 heterocycles. The van der Waals surface area contributed by atoms with Gasteiger partial charge in [-0.15, -0.1) is 0 Å². The smallest absolute Gasteiger partial charge is 0.320 e. The van der Waals surface area contributed by atoms with Crippen LogP contribution in [0.15, 0.2) is 47.1 Å². The highest BCUT2D eigenvalue weighted by Crippen LogP contribution is 2.29. The molecule has 0 bridgehead atoms. The second kappa shape index (κ2) is 8.27. The van der Waals surface area contributed by atoms with Crippen molar-refractivity contribution >= 4 is 29.2 Å². The fourth-order valence-corrected chi connectivity index (χ4v) is 3.43.